The SMILES string of the molecule is COc1ccc(C(=O)N2CCOC2c2ccccc2Br)cc1. The van der Waals surface area contributed by atoms with E-state index in [9.17, 15) is 4.79 Å². The van der Waals surface area contributed by atoms with E-state index in [-0.39, 0.29) is 12.1 Å². The summed E-state index contributed by atoms with van der Waals surface area (Å²) in [6, 6.07) is 14.9. The number of nitrogens with zero attached hydrogens (tertiary/aromatic N) is 1. The van der Waals surface area contributed by atoms with Gasteiger partial charge in [-0.15, -0.1) is 0 Å². The van der Waals surface area contributed by atoms with Crippen molar-refractivity contribution in [3.8, 4) is 5.75 Å². The zero-order chi connectivity index (χ0) is 15.5. The minimum absolute atomic E-state index is 0.0408. The van der Waals surface area contributed by atoms with Crippen LogP contribution in [-0.2, 0) is 4.74 Å². The predicted molar refractivity (Wildman–Crippen MR) is 86.9 cm³/mol. The van der Waals surface area contributed by atoms with Crippen LogP contribution in [0.2, 0.25) is 0 Å². The summed E-state index contributed by atoms with van der Waals surface area (Å²) in [4.78, 5) is 14.5. The van der Waals surface area contributed by atoms with Crippen molar-refractivity contribution in [2.45, 2.75) is 6.23 Å². The standard InChI is InChI=1S/C17H16BrNO3/c1-21-13-8-6-12(7-9-13)16(20)19-10-11-22-17(19)14-4-2-3-5-15(14)18/h2-9,17H,10-11H2,1H3. The molecule has 0 aromatic heterocycles. The van der Waals surface area contributed by atoms with Gasteiger partial charge < -0.3 is 14.4 Å². The maximum absolute atomic E-state index is 12.7. The van der Waals surface area contributed by atoms with Crippen LogP contribution >= 0.6 is 15.9 Å². The highest BCUT2D eigenvalue weighted by atomic mass is 79.9. The van der Waals surface area contributed by atoms with Crippen molar-refractivity contribution in [2.24, 2.45) is 0 Å². The molecule has 22 heavy (non-hydrogen) atoms. The molecule has 114 valence electrons. The lowest BCUT2D eigenvalue weighted by molar-refractivity contribution is 0.0268. The number of ether oxygens (including phenoxy) is 2. The maximum atomic E-state index is 12.7. The summed E-state index contributed by atoms with van der Waals surface area (Å²) in [6.07, 6.45) is -0.356. The number of halogens is 1. The van der Waals surface area contributed by atoms with E-state index in [1.54, 1.807) is 36.3 Å². The average molecular weight is 362 g/mol. The van der Waals surface area contributed by atoms with Gasteiger partial charge in [0.2, 0.25) is 0 Å². The van der Waals surface area contributed by atoms with Crippen LogP contribution in [0.4, 0.5) is 0 Å². The van der Waals surface area contributed by atoms with Gasteiger partial charge in [0, 0.05) is 22.1 Å². The zero-order valence-electron chi connectivity index (χ0n) is 12.2. The van der Waals surface area contributed by atoms with Crippen molar-refractivity contribution < 1.29 is 14.3 Å². The normalized spacial score (nSPS) is 17.5. The van der Waals surface area contributed by atoms with Crippen LogP contribution in [0.1, 0.15) is 22.1 Å². The molecule has 2 aromatic rings. The number of benzene rings is 2. The quantitative estimate of drug-likeness (QED) is 0.837. The molecule has 0 spiro atoms. The third kappa shape index (κ3) is 2.87. The van der Waals surface area contributed by atoms with E-state index in [1.807, 2.05) is 24.3 Å². The number of rotatable bonds is 3. The summed E-state index contributed by atoms with van der Waals surface area (Å²) in [5.41, 5.74) is 1.59. The van der Waals surface area contributed by atoms with Gasteiger partial charge in [0.05, 0.1) is 13.7 Å². The molecule has 0 saturated carbocycles. The van der Waals surface area contributed by atoms with E-state index in [0.29, 0.717) is 18.7 Å². The molecule has 1 unspecified atom stereocenters. The molecule has 3 rings (SSSR count). The largest absolute Gasteiger partial charge is 0.497 e. The Morgan fingerprint density at radius 1 is 1.23 bits per heavy atom. The molecule has 0 aliphatic carbocycles. The average Bonchev–Trinajstić information content (AvgIpc) is 3.04. The molecular weight excluding hydrogens is 346 g/mol. The van der Waals surface area contributed by atoms with Gasteiger partial charge in [-0.2, -0.15) is 0 Å². The third-order valence-corrected chi connectivity index (χ3v) is 4.38. The van der Waals surface area contributed by atoms with Crippen molar-refractivity contribution in [3.63, 3.8) is 0 Å². The fourth-order valence-electron chi connectivity index (χ4n) is 2.51. The van der Waals surface area contributed by atoms with Gasteiger partial charge in [-0.1, -0.05) is 34.1 Å². The Hall–Kier alpha value is -1.85. The first-order valence-electron chi connectivity index (χ1n) is 7.02. The van der Waals surface area contributed by atoms with Gasteiger partial charge in [-0.3, -0.25) is 4.79 Å². The second-order valence-corrected chi connectivity index (χ2v) is 5.83. The van der Waals surface area contributed by atoms with Crippen LogP contribution in [0.5, 0.6) is 5.75 Å². The summed E-state index contributed by atoms with van der Waals surface area (Å²) in [6.45, 7) is 1.12. The van der Waals surface area contributed by atoms with Crippen molar-refractivity contribution in [1.29, 1.82) is 0 Å². The molecule has 0 N–H and O–H groups in total. The summed E-state index contributed by atoms with van der Waals surface area (Å²) in [7, 11) is 1.61. The molecular formula is C17H16BrNO3. The topological polar surface area (TPSA) is 38.8 Å². The molecule has 1 amide bonds. The highest BCUT2D eigenvalue weighted by Crippen LogP contribution is 2.33. The van der Waals surface area contributed by atoms with Gasteiger partial charge in [0.15, 0.2) is 6.23 Å². The summed E-state index contributed by atoms with van der Waals surface area (Å²) in [5.74, 6) is 0.692. The Balaban J connectivity index is 1.86. The number of amides is 1. The lowest BCUT2D eigenvalue weighted by Gasteiger charge is -2.24. The fraction of sp³-hybridized carbons (Fsp3) is 0.235. The lowest BCUT2D eigenvalue weighted by Crippen LogP contribution is -2.31. The molecule has 1 heterocycles. The van der Waals surface area contributed by atoms with E-state index in [2.05, 4.69) is 15.9 Å². The van der Waals surface area contributed by atoms with Crippen molar-refractivity contribution in [1.82, 2.24) is 4.90 Å². The van der Waals surface area contributed by atoms with Crippen LogP contribution in [0.3, 0.4) is 0 Å². The summed E-state index contributed by atoms with van der Waals surface area (Å²) >= 11 is 3.52. The maximum Gasteiger partial charge on any atom is 0.256 e. The Morgan fingerprint density at radius 2 is 1.95 bits per heavy atom. The molecule has 1 atom stereocenters. The van der Waals surface area contributed by atoms with Crippen LogP contribution in [0, 0.1) is 0 Å². The molecule has 1 saturated heterocycles. The minimum Gasteiger partial charge on any atom is -0.497 e. The Kier molecular flexibility index (Phi) is 4.45. The van der Waals surface area contributed by atoms with Gasteiger partial charge >= 0.3 is 0 Å². The second kappa shape index (κ2) is 6.50. The monoisotopic (exact) mass is 361 g/mol. The summed E-state index contributed by atoms with van der Waals surface area (Å²) < 4.78 is 11.8. The highest BCUT2D eigenvalue weighted by molar-refractivity contribution is 9.10. The van der Waals surface area contributed by atoms with Gasteiger partial charge in [0.25, 0.3) is 5.91 Å². The number of carbonyl (C=O) groups excluding carboxylic acids is 1. The number of hydrogen-bond acceptors (Lipinski definition) is 3. The third-order valence-electron chi connectivity index (χ3n) is 3.66. The van der Waals surface area contributed by atoms with E-state index < -0.39 is 0 Å². The Labute approximate surface area is 137 Å². The van der Waals surface area contributed by atoms with Crippen molar-refractivity contribution >= 4 is 21.8 Å². The van der Waals surface area contributed by atoms with Gasteiger partial charge in [-0.25, -0.2) is 0 Å². The highest BCUT2D eigenvalue weighted by Gasteiger charge is 2.32. The van der Waals surface area contributed by atoms with Crippen LogP contribution < -0.4 is 4.74 Å². The van der Waals surface area contributed by atoms with E-state index in [0.717, 1.165) is 15.8 Å². The lowest BCUT2D eigenvalue weighted by atomic mass is 10.1. The minimum atomic E-state index is -0.356. The van der Waals surface area contributed by atoms with Gasteiger partial charge in [0.1, 0.15) is 5.75 Å². The van der Waals surface area contributed by atoms with Crippen LogP contribution in [-0.4, -0.2) is 31.1 Å². The van der Waals surface area contributed by atoms with E-state index in [1.165, 1.54) is 0 Å². The van der Waals surface area contributed by atoms with E-state index in [4.69, 9.17) is 9.47 Å². The van der Waals surface area contributed by atoms with Crippen LogP contribution in [0.25, 0.3) is 0 Å². The van der Waals surface area contributed by atoms with Crippen LogP contribution in [0.15, 0.2) is 53.0 Å². The summed E-state index contributed by atoms with van der Waals surface area (Å²) in [5, 5.41) is 0. The molecule has 2 aromatic carbocycles. The Morgan fingerprint density at radius 3 is 2.64 bits per heavy atom. The Bertz CT molecular complexity index is 672. The van der Waals surface area contributed by atoms with Gasteiger partial charge in [-0.05, 0) is 30.3 Å². The fourth-order valence-corrected chi connectivity index (χ4v) is 2.99. The first-order chi connectivity index (χ1) is 10.7. The first kappa shape index (κ1) is 15.1. The molecule has 1 aliphatic rings. The number of hydrogen-bond donors (Lipinski definition) is 0. The predicted octanol–water partition coefficient (Wildman–Crippen LogP) is 3.63. The molecule has 4 nitrogen and oxygen atoms in total. The molecule has 5 heteroatoms. The molecule has 1 aliphatic heterocycles. The van der Waals surface area contributed by atoms with E-state index >= 15 is 0 Å². The number of methoxy groups -OCH3 is 1. The van der Waals surface area contributed by atoms with Crippen molar-refractivity contribution in [3.05, 3.63) is 64.1 Å². The second-order valence-electron chi connectivity index (χ2n) is 4.97. The molecule has 0 radical (unpaired) electrons. The van der Waals surface area contributed by atoms with Crippen molar-refractivity contribution in [2.75, 3.05) is 20.3 Å². The zero-order valence-corrected chi connectivity index (χ0v) is 13.7. The first-order valence-corrected chi connectivity index (χ1v) is 7.81. The number of carbonyl (C=O) groups is 1. The molecule has 0 bridgehead atoms. The molecule has 1 fully saturated rings. The smallest absolute Gasteiger partial charge is 0.256 e.